The molecule has 1 aromatic carbocycles. The van der Waals surface area contributed by atoms with Crippen LogP contribution in [0.15, 0.2) is 36.8 Å². The molecule has 0 radical (unpaired) electrons. The molecular weight excluding hydrogens is 228 g/mol. The van der Waals surface area contributed by atoms with Gasteiger partial charge in [-0.1, -0.05) is 12.1 Å². The summed E-state index contributed by atoms with van der Waals surface area (Å²) in [7, 11) is 0. The number of hydrogen-bond acceptors (Lipinski definition) is 2. The molecule has 1 atom stereocenters. The number of carboxylic acid groups (broad SMARTS) is 1. The van der Waals surface area contributed by atoms with Crippen molar-refractivity contribution in [2.75, 3.05) is 0 Å². The Hall–Kier alpha value is -2.10. The summed E-state index contributed by atoms with van der Waals surface area (Å²) in [5.41, 5.74) is 2.74. The zero-order valence-corrected chi connectivity index (χ0v) is 9.91. The van der Waals surface area contributed by atoms with Crippen LogP contribution in [0.5, 0.6) is 0 Å². The molecule has 18 heavy (non-hydrogen) atoms. The molecule has 2 aromatic rings. The molecule has 0 spiro atoms. The van der Waals surface area contributed by atoms with Crippen molar-refractivity contribution < 1.29 is 9.90 Å². The lowest BCUT2D eigenvalue weighted by Gasteiger charge is -2.25. The lowest BCUT2D eigenvalue weighted by atomic mass is 9.95. The number of carbonyl (C=O) groups is 1. The Balaban J connectivity index is 1.95. The largest absolute Gasteiger partial charge is 0.478 e. The van der Waals surface area contributed by atoms with Gasteiger partial charge in [0.15, 0.2) is 0 Å². The fourth-order valence-electron chi connectivity index (χ4n) is 2.60. The van der Waals surface area contributed by atoms with Gasteiger partial charge in [-0.2, -0.15) is 0 Å². The Morgan fingerprint density at radius 1 is 1.33 bits per heavy atom. The van der Waals surface area contributed by atoms with Crippen LogP contribution in [-0.2, 0) is 6.42 Å². The molecule has 1 aromatic heterocycles. The van der Waals surface area contributed by atoms with Crippen molar-refractivity contribution in [3.8, 4) is 0 Å². The van der Waals surface area contributed by atoms with Gasteiger partial charge in [-0.25, -0.2) is 9.78 Å². The first-order valence-electron chi connectivity index (χ1n) is 6.09. The Labute approximate surface area is 105 Å². The second-order valence-electron chi connectivity index (χ2n) is 4.63. The summed E-state index contributed by atoms with van der Waals surface area (Å²) < 4.78 is 2.19. The molecule has 0 saturated carbocycles. The van der Waals surface area contributed by atoms with Crippen LogP contribution in [0.1, 0.15) is 40.5 Å². The number of aryl methyl sites for hydroxylation is 1. The highest BCUT2D eigenvalue weighted by Crippen LogP contribution is 2.30. The van der Waals surface area contributed by atoms with Crippen LogP contribution < -0.4 is 0 Å². The van der Waals surface area contributed by atoms with E-state index < -0.39 is 5.97 Å². The number of aromatic nitrogens is 2. The Morgan fingerprint density at radius 3 is 2.83 bits per heavy atom. The van der Waals surface area contributed by atoms with Crippen LogP contribution in [-0.4, -0.2) is 20.6 Å². The topological polar surface area (TPSA) is 55.1 Å². The number of hydrogen-bond donors (Lipinski definition) is 1. The zero-order valence-electron chi connectivity index (χ0n) is 9.91. The summed E-state index contributed by atoms with van der Waals surface area (Å²) in [5.74, 6) is -0.881. The molecule has 1 N–H and O–H groups in total. The summed E-state index contributed by atoms with van der Waals surface area (Å²) in [6, 6.07) is 7.44. The molecule has 0 fully saturated rings. The Bertz CT molecular complexity index is 572. The average molecular weight is 242 g/mol. The predicted octanol–water partition coefficient (Wildman–Crippen LogP) is 2.51. The first kappa shape index (κ1) is 11.0. The van der Waals surface area contributed by atoms with Gasteiger partial charge < -0.3 is 9.67 Å². The van der Waals surface area contributed by atoms with Gasteiger partial charge in [0.1, 0.15) is 0 Å². The second kappa shape index (κ2) is 4.29. The highest BCUT2D eigenvalue weighted by Gasteiger charge is 2.20. The lowest BCUT2D eigenvalue weighted by Crippen LogP contribution is -2.17. The molecule has 3 rings (SSSR count). The van der Waals surface area contributed by atoms with Crippen molar-refractivity contribution in [3.63, 3.8) is 0 Å². The van der Waals surface area contributed by atoms with Gasteiger partial charge in [-0.15, -0.1) is 0 Å². The molecule has 1 aliphatic heterocycles. The van der Waals surface area contributed by atoms with E-state index >= 15 is 0 Å². The van der Waals surface area contributed by atoms with Gasteiger partial charge in [-0.05, 0) is 37.0 Å². The summed E-state index contributed by atoms with van der Waals surface area (Å²) in [6.45, 7) is 0. The summed E-state index contributed by atoms with van der Waals surface area (Å²) in [5, 5.41) is 8.90. The van der Waals surface area contributed by atoms with E-state index in [2.05, 4.69) is 9.55 Å². The van der Waals surface area contributed by atoms with Crippen LogP contribution in [0, 0.1) is 0 Å². The standard InChI is InChI=1S/C14H14N2O2/c17-14(18)11-6-4-10(5-7-11)13-3-1-2-12-8-15-9-16(12)13/h4-9,13H,1-3H2,(H,17,18). The fraction of sp³-hybridized carbons (Fsp3) is 0.286. The highest BCUT2D eigenvalue weighted by molar-refractivity contribution is 5.87. The van der Waals surface area contributed by atoms with E-state index in [1.165, 1.54) is 5.69 Å². The Kier molecular flexibility index (Phi) is 2.63. The number of rotatable bonds is 2. The summed E-state index contributed by atoms with van der Waals surface area (Å²) in [6.07, 6.45) is 7.08. The maximum atomic E-state index is 10.8. The molecule has 4 nitrogen and oxygen atoms in total. The van der Waals surface area contributed by atoms with Gasteiger partial charge in [0, 0.05) is 11.9 Å². The van der Waals surface area contributed by atoms with Crippen molar-refractivity contribution >= 4 is 5.97 Å². The minimum Gasteiger partial charge on any atom is -0.478 e. The number of aromatic carboxylic acids is 1. The zero-order chi connectivity index (χ0) is 12.5. The average Bonchev–Trinajstić information content (AvgIpc) is 2.87. The smallest absolute Gasteiger partial charge is 0.335 e. The third kappa shape index (κ3) is 1.79. The highest BCUT2D eigenvalue weighted by atomic mass is 16.4. The first-order chi connectivity index (χ1) is 8.75. The second-order valence-corrected chi connectivity index (χ2v) is 4.63. The minimum atomic E-state index is -0.881. The van der Waals surface area contributed by atoms with E-state index in [4.69, 9.17) is 5.11 Å². The normalized spacial score (nSPS) is 18.3. The molecule has 0 aliphatic carbocycles. The molecule has 0 bridgehead atoms. The van der Waals surface area contributed by atoms with E-state index in [-0.39, 0.29) is 0 Å². The maximum absolute atomic E-state index is 10.8. The predicted molar refractivity (Wildman–Crippen MR) is 66.7 cm³/mol. The Morgan fingerprint density at radius 2 is 2.11 bits per heavy atom. The minimum absolute atomic E-state index is 0.291. The number of fused-ring (bicyclic) bond motifs is 1. The van der Waals surface area contributed by atoms with E-state index in [9.17, 15) is 4.79 Å². The molecule has 92 valence electrons. The van der Waals surface area contributed by atoms with Crippen LogP contribution in [0.2, 0.25) is 0 Å². The molecule has 1 aliphatic rings. The molecule has 0 saturated heterocycles. The van der Waals surface area contributed by atoms with E-state index in [0.29, 0.717) is 11.6 Å². The number of carboxylic acids is 1. The number of nitrogens with zero attached hydrogens (tertiary/aromatic N) is 2. The fourth-order valence-corrected chi connectivity index (χ4v) is 2.60. The molecule has 1 unspecified atom stereocenters. The summed E-state index contributed by atoms with van der Waals surface area (Å²) >= 11 is 0. The van der Waals surface area contributed by atoms with Crippen molar-refractivity contribution in [3.05, 3.63) is 53.6 Å². The van der Waals surface area contributed by atoms with Crippen LogP contribution in [0.4, 0.5) is 0 Å². The van der Waals surface area contributed by atoms with Crippen LogP contribution in [0.3, 0.4) is 0 Å². The van der Waals surface area contributed by atoms with Gasteiger partial charge in [-0.3, -0.25) is 0 Å². The summed E-state index contributed by atoms with van der Waals surface area (Å²) in [4.78, 5) is 15.0. The SMILES string of the molecule is O=C(O)c1ccc(C2CCCc3cncn32)cc1. The third-order valence-corrected chi connectivity index (χ3v) is 3.53. The molecule has 2 heterocycles. The van der Waals surface area contributed by atoms with Gasteiger partial charge in [0.05, 0.1) is 17.9 Å². The monoisotopic (exact) mass is 242 g/mol. The van der Waals surface area contributed by atoms with E-state index in [1.54, 1.807) is 12.1 Å². The van der Waals surface area contributed by atoms with E-state index in [1.807, 2.05) is 24.7 Å². The first-order valence-corrected chi connectivity index (χ1v) is 6.09. The quantitative estimate of drug-likeness (QED) is 0.880. The van der Waals surface area contributed by atoms with Crippen LogP contribution >= 0.6 is 0 Å². The molecular formula is C14H14N2O2. The van der Waals surface area contributed by atoms with Gasteiger partial charge in [0.2, 0.25) is 0 Å². The van der Waals surface area contributed by atoms with Gasteiger partial charge >= 0.3 is 5.97 Å². The number of benzene rings is 1. The van der Waals surface area contributed by atoms with Crippen molar-refractivity contribution in [1.82, 2.24) is 9.55 Å². The molecule has 4 heteroatoms. The maximum Gasteiger partial charge on any atom is 0.335 e. The van der Waals surface area contributed by atoms with Crippen LogP contribution in [0.25, 0.3) is 0 Å². The molecule has 0 amide bonds. The third-order valence-electron chi connectivity index (χ3n) is 3.53. The van der Waals surface area contributed by atoms with E-state index in [0.717, 1.165) is 24.8 Å². The van der Waals surface area contributed by atoms with Crippen molar-refractivity contribution in [2.24, 2.45) is 0 Å². The lowest BCUT2D eigenvalue weighted by molar-refractivity contribution is 0.0697. The van der Waals surface area contributed by atoms with Crippen molar-refractivity contribution in [1.29, 1.82) is 0 Å². The van der Waals surface area contributed by atoms with Gasteiger partial charge in [0.25, 0.3) is 0 Å². The van der Waals surface area contributed by atoms with Crippen molar-refractivity contribution in [2.45, 2.75) is 25.3 Å². The number of imidazole rings is 1.